The minimum atomic E-state index is -4.03. The molecule has 0 N–H and O–H groups in total. The molecule has 20 heavy (non-hydrogen) atoms. The highest BCUT2D eigenvalue weighted by Crippen LogP contribution is 2.22. The molecule has 0 saturated carbocycles. The third kappa shape index (κ3) is 4.24. The Labute approximate surface area is 119 Å². The van der Waals surface area contributed by atoms with Crippen LogP contribution in [0.2, 0.25) is 0 Å². The molecule has 0 fully saturated rings. The maximum Gasteiger partial charge on any atom is 0.246 e. The summed E-state index contributed by atoms with van der Waals surface area (Å²) in [4.78, 5) is -0.598. The molecule has 1 rings (SSSR count). The lowest BCUT2D eigenvalue weighted by molar-refractivity contribution is 0.331. The molecular formula is C14H21F2NO2S. The van der Waals surface area contributed by atoms with Gasteiger partial charge in [-0.25, -0.2) is 17.2 Å². The monoisotopic (exact) mass is 305 g/mol. The molecule has 114 valence electrons. The first-order valence-corrected chi connectivity index (χ1v) is 8.03. The largest absolute Gasteiger partial charge is 0.246 e. The molecule has 0 unspecified atom stereocenters. The Kier molecular flexibility index (Phi) is 5.65. The zero-order valence-electron chi connectivity index (χ0n) is 12.2. The SMILES string of the molecule is CC(C)CN(CC(C)C)S(=O)(=O)c1cc(F)ccc1F. The van der Waals surface area contributed by atoms with Gasteiger partial charge in [-0.2, -0.15) is 4.31 Å². The second kappa shape index (κ2) is 6.63. The number of halogens is 2. The summed E-state index contributed by atoms with van der Waals surface area (Å²) >= 11 is 0. The number of nitrogens with zero attached hydrogens (tertiary/aromatic N) is 1. The summed E-state index contributed by atoms with van der Waals surface area (Å²) in [5.74, 6) is -1.50. The van der Waals surface area contributed by atoms with Gasteiger partial charge in [0.15, 0.2) is 0 Å². The zero-order chi connectivity index (χ0) is 15.5. The maximum atomic E-state index is 13.7. The Bertz CT molecular complexity index is 546. The highest BCUT2D eigenvalue weighted by Gasteiger charge is 2.28. The Balaban J connectivity index is 3.24. The van der Waals surface area contributed by atoms with E-state index in [4.69, 9.17) is 0 Å². The van der Waals surface area contributed by atoms with Crippen molar-refractivity contribution in [2.75, 3.05) is 13.1 Å². The van der Waals surface area contributed by atoms with E-state index in [1.165, 1.54) is 4.31 Å². The van der Waals surface area contributed by atoms with E-state index in [2.05, 4.69) is 0 Å². The van der Waals surface area contributed by atoms with Crippen LogP contribution in [0.15, 0.2) is 23.1 Å². The van der Waals surface area contributed by atoms with Crippen molar-refractivity contribution < 1.29 is 17.2 Å². The third-order valence-corrected chi connectivity index (χ3v) is 4.50. The van der Waals surface area contributed by atoms with Crippen LogP contribution in [0.25, 0.3) is 0 Å². The smallest absolute Gasteiger partial charge is 0.207 e. The van der Waals surface area contributed by atoms with E-state index in [0.717, 1.165) is 18.2 Å². The van der Waals surface area contributed by atoms with Gasteiger partial charge in [-0.1, -0.05) is 27.7 Å². The molecule has 1 aromatic carbocycles. The molecule has 0 aromatic heterocycles. The highest BCUT2D eigenvalue weighted by atomic mass is 32.2. The van der Waals surface area contributed by atoms with Gasteiger partial charge in [0.05, 0.1) is 0 Å². The molecular weight excluding hydrogens is 284 g/mol. The van der Waals surface area contributed by atoms with Gasteiger partial charge in [0, 0.05) is 13.1 Å². The lowest BCUT2D eigenvalue weighted by Crippen LogP contribution is -2.37. The molecule has 0 saturated heterocycles. The molecule has 0 aliphatic rings. The second-order valence-electron chi connectivity index (χ2n) is 5.68. The van der Waals surface area contributed by atoms with Gasteiger partial charge >= 0.3 is 0 Å². The van der Waals surface area contributed by atoms with Crippen molar-refractivity contribution in [3.63, 3.8) is 0 Å². The van der Waals surface area contributed by atoms with Gasteiger partial charge in [0.25, 0.3) is 0 Å². The Morgan fingerprint density at radius 1 is 1.05 bits per heavy atom. The normalized spacial score (nSPS) is 12.7. The van der Waals surface area contributed by atoms with E-state index in [9.17, 15) is 17.2 Å². The zero-order valence-corrected chi connectivity index (χ0v) is 13.0. The first kappa shape index (κ1) is 17.0. The summed E-state index contributed by atoms with van der Waals surface area (Å²) < 4.78 is 53.2. The summed E-state index contributed by atoms with van der Waals surface area (Å²) in [6, 6.07) is 2.48. The van der Waals surface area contributed by atoms with E-state index >= 15 is 0 Å². The second-order valence-corrected chi connectivity index (χ2v) is 7.59. The van der Waals surface area contributed by atoms with Crippen LogP contribution in [-0.2, 0) is 10.0 Å². The van der Waals surface area contributed by atoms with Gasteiger partial charge in [-0.15, -0.1) is 0 Å². The number of rotatable bonds is 6. The van der Waals surface area contributed by atoms with Crippen molar-refractivity contribution in [3.8, 4) is 0 Å². The molecule has 0 spiro atoms. The fraction of sp³-hybridized carbons (Fsp3) is 0.571. The molecule has 0 radical (unpaired) electrons. The maximum absolute atomic E-state index is 13.7. The van der Waals surface area contributed by atoms with Crippen LogP contribution in [0.3, 0.4) is 0 Å². The van der Waals surface area contributed by atoms with E-state index in [1.54, 1.807) is 0 Å². The van der Waals surface area contributed by atoms with E-state index in [1.807, 2.05) is 27.7 Å². The fourth-order valence-electron chi connectivity index (χ4n) is 1.90. The van der Waals surface area contributed by atoms with E-state index in [0.29, 0.717) is 0 Å². The Hall–Kier alpha value is -1.01. The van der Waals surface area contributed by atoms with Gasteiger partial charge in [0.1, 0.15) is 16.5 Å². The van der Waals surface area contributed by atoms with Gasteiger partial charge < -0.3 is 0 Å². The molecule has 0 atom stereocenters. The average Bonchev–Trinajstić information content (AvgIpc) is 2.30. The van der Waals surface area contributed by atoms with Crippen molar-refractivity contribution in [2.45, 2.75) is 32.6 Å². The number of hydrogen-bond acceptors (Lipinski definition) is 2. The van der Waals surface area contributed by atoms with Crippen molar-refractivity contribution in [1.29, 1.82) is 0 Å². The summed E-state index contributed by atoms with van der Waals surface area (Å²) in [6.45, 7) is 8.07. The van der Waals surface area contributed by atoms with Crippen molar-refractivity contribution in [2.24, 2.45) is 11.8 Å². The molecule has 0 amide bonds. The lowest BCUT2D eigenvalue weighted by atomic mass is 10.2. The average molecular weight is 305 g/mol. The van der Waals surface area contributed by atoms with E-state index < -0.39 is 26.6 Å². The van der Waals surface area contributed by atoms with E-state index in [-0.39, 0.29) is 24.9 Å². The third-order valence-electron chi connectivity index (χ3n) is 2.65. The Morgan fingerprint density at radius 3 is 2.00 bits per heavy atom. The van der Waals surface area contributed by atoms with Crippen LogP contribution in [0.4, 0.5) is 8.78 Å². The molecule has 6 heteroatoms. The number of hydrogen-bond donors (Lipinski definition) is 0. The fourth-order valence-corrected chi connectivity index (χ4v) is 3.74. The van der Waals surface area contributed by atoms with Gasteiger partial charge in [-0.3, -0.25) is 0 Å². The number of sulfonamides is 1. The summed E-state index contributed by atoms with van der Waals surface area (Å²) in [7, 11) is -4.03. The van der Waals surface area contributed by atoms with Crippen LogP contribution in [-0.4, -0.2) is 25.8 Å². The minimum absolute atomic E-state index is 0.0974. The van der Waals surface area contributed by atoms with Crippen LogP contribution >= 0.6 is 0 Å². The molecule has 3 nitrogen and oxygen atoms in total. The summed E-state index contributed by atoms with van der Waals surface area (Å²) in [5, 5.41) is 0. The first-order chi connectivity index (χ1) is 9.14. The van der Waals surface area contributed by atoms with Gasteiger partial charge in [0.2, 0.25) is 10.0 Å². The summed E-state index contributed by atoms with van der Waals surface area (Å²) in [6.07, 6.45) is 0. The lowest BCUT2D eigenvalue weighted by Gasteiger charge is -2.25. The Morgan fingerprint density at radius 2 is 1.55 bits per heavy atom. The topological polar surface area (TPSA) is 37.4 Å². The predicted octanol–water partition coefficient (Wildman–Crippen LogP) is 3.27. The number of benzene rings is 1. The minimum Gasteiger partial charge on any atom is -0.207 e. The van der Waals surface area contributed by atoms with Crippen LogP contribution < -0.4 is 0 Å². The quantitative estimate of drug-likeness (QED) is 0.809. The van der Waals surface area contributed by atoms with Crippen LogP contribution in [0.1, 0.15) is 27.7 Å². The van der Waals surface area contributed by atoms with Crippen molar-refractivity contribution in [1.82, 2.24) is 4.31 Å². The van der Waals surface area contributed by atoms with Crippen molar-refractivity contribution >= 4 is 10.0 Å². The molecule has 0 bridgehead atoms. The van der Waals surface area contributed by atoms with Crippen LogP contribution in [0.5, 0.6) is 0 Å². The molecule has 0 heterocycles. The molecule has 0 aliphatic carbocycles. The predicted molar refractivity (Wildman–Crippen MR) is 74.8 cm³/mol. The first-order valence-electron chi connectivity index (χ1n) is 6.59. The summed E-state index contributed by atoms with van der Waals surface area (Å²) in [5.41, 5.74) is 0. The van der Waals surface area contributed by atoms with Crippen LogP contribution in [0, 0.1) is 23.5 Å². The standard InChI is InChI=1S/C14H21F2NO2S/c1-10(2)8-17(9-11(3)4)20(18,19)14-7-12(15)5-6-13(14)16/h5-7,10-11H,8-9H2,1-4H3. The molecule has 1 aromatic rings. The highest BCUT2D eigenvalue weighted by molar-refractivity contribution is 7.89. The van der Waals surface area contributed by atoms with Gasteiger partial charge in [-0.05, 0) is 30.0 Å². The van der Waals surface area contributed by atoms with Crippen molar-refractivity contribution in [3.05, 3.63) is 29.8 Å². The molecule has 0 aliphatic heterocycles.